The van der Waals surface area contributed by atoms with Gasteiger partial charge in [-0.2, -0.15) is 18.2 Å². The van der Waals surface area contributed by atoms with E-state index in [4.69, 9.17) is 9.97 Å². The van der Waals surface area contributed by atoms with Crippen molar-refractivity contribution in [3.8, 4) is 5.82 Å². The number of allylic oxidation sites excluding steroid dienone is 2. The smallest absolute Gasteiger partial charge is 0.436 e. The fourth-order valence-corrected chi connectivity index (χ4v) is 2.75. The van der Waals surface area contributed by atoms with Crippen LogP contribution in [0.2, 0.25) is 0 Å². The van der Waals surface area contributed by atoms with E-state index in [1.54, 1.807) is 0 Å². The summed E-state index contributed by atoms with van der Waals surface area (Å²) in [7, 11) is 2.06. The number of nitrogens with zero attached hydrogens (tertiary/aromatic N) is 4. The Kier molecular flexibility index (Phi) is 5.12. The summed E-state index contributed by atoms with van der Waals surface area (Å²) in [5.41, 5.74) is 1.98. The van der Waals surface area contributed by atoms with Gasteiger partial charge in [0.1, 0.15) is 0 Å². The average Bonchev–Trinajstić information content (AvgIpc) is 3.28. The first-order valence-corrected chi connectivity index (χ1v) is 7.86. The van der Waals surface area contributed by atoms with Crippen LogP contribution in [-0.2, 0) is 27.5 Å². The third-order valence-corrected chi connectivity index (χ3v) is 4.04. The number of rotatable bonds is 4. The SMILES string of the molecule is C[N+]1(c2cccc(Cc3cccc(-n4[c-]ccc4)n3)n2)[C-]=CC=C1.[Pt+2]. The van der Waals surface area contributed by atoms with Crippen LogP contribution in [0.15, 0.2) is 73.1 Å². The first-order chi connectivity index (χ1) is 11.7. The molecule has 0 N–H and O–H groups in total. The van der Waals surface area contributed by atoms with Crippen molar-refractivity contribution in [3.05, 3.63) is 96.9 Å². The maximum atomic E-state index is 4.80. The van der Waals surface area contributed by atoms with E-state index in [0.29, 0.717) is 10.9 Å². The predicted octanol–water partition coefficient (Wildman–Crippen LogP) is 3.44. The zero-order valence-electron chi connectivity index (χ0n) is 13.7. The Labute approximate surface area is 162 Å². The largest absolute Gasteiger partial charge is 2.00 e. The van der Waals surface area contributed by atoms with Gasteiger partial charge in [0.15, 0.2) is 0 Å². The van der Waals surface area contributed by atoms with Crippen LogP contribution in [0.3, 0.4) is 0 Å². The number of quaternary nitrogens is 1. The van der Waals surface area contributed by atoms with E-state index in [2.05, 4.69) is 25.6 Å². The predicted molar refractivity (Wildman–Crippen MR) is 94.1 cm³/mol. The number of aromatic nitrogens is 3. The monoisotopic (exact) mass is 508 g/mol. The van der Waals surface area contributed by atoms with Crippen LogP contribution in [-0.4, -0.2) is 21.6 Å². The van der Waals surface area contributed by atoms with Crippen molar-refractivity contribution in [3.63, 3.8) is 0 Å². The van der Waals surface area contributed by atoms with Crippen molar-refractivity contribution in [1.29, 1.82) is 0 Å². The molecule has 0 saturated carbocycles. The van der Waals surface area contributed by atoms with Crippen LogP contribution < -0.4 is 4.48 Å². The molecule has 0 spiro atoms. The summed E-state index contributed by atoms with van der Waals surface area (Å²) in [6.45, 7) is 0. The molecular weight excluding hydrogens is 491 g/mol. The first-order valence-electron chi connectivity index (χ1n) is 7.86. The molecule has 0 aliphatic carbocycles. The van der Waals surface area contributed by atoms with Crippen molar-refractivity contribution in [1.82, 2.24) is 19.0 Å². The summed E-state index contributed by atoms with van der Waals surface area (Å²) in [6, 6.07) is 15.9. The quantitative estimate of drug-likeness (QED) is 0.400. The van der Waals surface area contributed by atoms with Gasteiger partial charge in [-0.15, -0.1) is 12.3 Å². The van der Waals surface area contributed by atoms with Crippen LogP contribution in [0.25, 0.3) is 5.82 Å². The van der Waals surface area contributed by atoms with Gasteiger partial charge in [0.2, 0.25) is 5.82 Å². The molecule has 1 aliphatic rings. The number of pyridine rings is 2. The second-order valence-electron chi connectivity index (χ2n) is 5.87. The van der Waals surface area contributed by atoms with Gasteiger partial charge < -0.3 is 9.05 Å². The maximum absolute atomic E-state index is 4.80. The second-order valence-corrected chi connectivity index (χ2v) is 5.87. The molecule has 3 aromatic heterocycles. The zero-order valence-corrected chi connectivity index (χ0v) is 16.0. The fraction of sp³-hybridized carbons (Fsp3) is 0.100. The minimum absolute atomic E-state index is 0. The van der Waals surface area contributed by atoms with E-state index >= 15 is 0 Å². The average molecular weight is 508 g/mol. The first kappa shape index (κ1) is 17.5. The Balaban J connectivity index is 0.00000182. The van der Waals surface area contributed by atoms with Crippen LogP contribution in [0.4, 0.5) is 5.82 Å². The summed E-state index contributed by atoms with van der Waals surface area (Å²) >= 11 is 0. The molecule has 4 rings (SSSR count). The van der Waals surface area contributed by atoms with Crippen molar-refractivity contribution in [2.75, 3.05) is 7.05 Å². The molecule has 5 heteroatoms. The molecule has 0 saturated heterocycles. The van der Waals surface area contributed by atoms with Crippen LogP contribution >= 0.6 is 0 Å². The minimum atomic E-state index is 0. The summed E-state index contributed by atoms with van der Waals surface area (Å²) in [4.78, 5) is 9.50. The van der Waals surface area contributed by atoms with Crippen LogP contribution in [0.1, 0.15) is 11.4 Å². The molecule has 25 heavy (non-hydrogen) atoms. The summed E-state index contributed by atoms with van der Waals surface area (Å²) in [6.07, 6.45) is 15.0. The van der Waals surface area contributed by atoms with Gasteiger partial charge in [-0.3, -0.25) is 4.98 Å². The topological polar surface area (TPSA) is 30.7 Å². The molecule has 0 radical (unpaired) electrons. The number of hydrogen-bond acceptors (Lipinski definition) is 2. The molecule has 1 aliphatic heterocycles. The van der Waals surface area contributed by atoms with Gasteiger partial charge in [0, 0.05) is 24.4 Å². The Morgan fingerprint density at radius 3 is 2.56 bits per heavy atom. The van der Waals surface area contributed by atoms with Gasteiger partial charge in [0.05, 0.1) is 18.6 Å². The zero-order chi connectivity index (χ0) is 16.4. The normalized spacial score (nSPS) is 18.3. The molecule has 0 aromatic carbocycles. The molecule has 4 nitrogen and oxygen atoms in total. The van der Waals surface area contributed by atoms with Gasteiger partial charge in [-0.1, -0.05) is 24.4 Å². The standard InChI is InChI=1S/C20H17N4.Pt/c1-24(14-4-5-15-24)20-11-7-9-18(22-20)16-17-8-6-10-19(21-17)23-12-2-3-13-23;/h2-12,14H,16H2,1H3;/q-1;+2. The Morgan fingerprint density at radius 2 is 1.84 bits per heavy atom. The number of hydrogen-bond donors (Lipinski definition) is 0. The van der Waals surface area contributed by atoms with Crippen molar-refractivity contribution in [2.45, 2.75) is 6.42 Å². The molecule has 0 bridgehead atoms. The Bertz CT molecular complexity index is 901. The van der Waals surface area contributed by atoms with E-state index in [1.807, 2.05) is 71.4 Å². The molecular formula is C20H17N4Pt+. The summed E-state index contributed by atoms with van der Waals surface area (Å²) < 4.78 is 2.36. The second kappa shape index (κ2) is 7.30. The molecule has 1 atom stereocenters. The molecule has 126 valence electrons. The Morgan fingerprint density at radius 1 is 1.04 bits per heavy atom. The summed E-state index contributed by atoms with van der Waals surface area (Å²) in [5.74, 6) is 1.82. The Hall–Kier alpha value is -2.29. The third-order valence-electron chi connectivity index (χ3n) is 4.04. The fourth-order valence-electron chi connectivity index (χ4n) is 2.75. The summed E-state index contributed by atoms with van der Waals surface area (Å²) in [5, 5.41) is 0. The van der Waals surface area contributed by atoms with Crippen molar-refractivity contribution in [2.24, 2.45) is 0 Å². The van der Waals surface area contributed by atoms with Crippen LogP contribution in [0, 0.1) is 12.4 Å². The van der Waals surface area contributed by atoms with Gasteiger partial charge in [-0.05, 0) is 18.3 Å². The van der Waals surface area contributed by atoms with E-state index in [1.165, 1.54) is 0 Å². The molecule has 1 unspecified atom stereocenters. The van der Waals surface area contributed by atoms with Gasteiger partial charge >= 0.3 is 21.1 Å². The van der Waals surface area contributed by atoms with Crippen molar-refractivity contribution < 1.29 is 21.1 Å². The van der Waals surface area contributed by atoms with Gasteiger partial charge in [0.25, 0.3) is 0 Å². The molecule has 4 heterocycles. The van der Waals surface area contributed by atoms with E-state index in [-0.39, 0.29) is 21.1 Å². The minimum Gasteiger partial charge on any atom is -0.436 e. The van der Waals surface area contributed by atoms with Gasteiger partial charge in [-0.25, -0.2) is 4.98 Å². The molecule has 0 amide bonds. The van der Waals surface area contributed by atoms with E-state index < -0.39 is 0 Å². The van der Waals surface area contributed by atoms with Crippen molar-refractivity contribution >= 4 is 5.82 Å². The molecule has 0 fully saturated rings. The third kappa shape index (κ3) is 3.70. The molecule has 3 aromatic rings. The maximum Gasteiger partial charge on any atom is 2.00 e. The van der Waals surface area contributed by atoms with Crippen LogP contribution in [0.5, 0.6) is 0 Å². The van der Waals surface area contributed by atoms with E-state index in [0.717, 1.165) is 23.0 Å². The van der Waals surface area contributed by atoms with E-state index in [9.17, 15) is 0 Å².